The summed E-state index contributed by atoms with van der Waals surface area (Å²) in [6.45, 7) is 10.1. The van der Waals surface area contributed by atoms with Gasteiger partial charge in [-0.1, -0.05) is 6.92 Å². The highest BCUT2D eigenvalue weighted by Crippen LogP contribution is 2.28. The minimum absolute atomic E-state index is 0.240. The van der Waals surface area contributed by atoms with Crippen molar-refractivity contribution in [1.29, 1.82) is 0 Å². The Morgan fingerprint density at radius 3 is 1.85 bits per heavy atom. The Hall–Kier alpha value is -2.53. The zero-order valence-corrected chi connectivity index (χ0v) is 16.7. The van der Waals surface area contributed by atoms with Crippen LogP contribution in [0.25, 0.3) is 0 Å². The van der Waals surface area contributed by atoms with E-state index in [4.69, 9.17) is 18.9 Å². The van der Waals surface area contributed by atoms with E-state index in [0.717, 1.165) is 6.42 Å². The Balaban J connectivity index is 1.93. The van der Waals surface area contributed by atoms with Crippen molar-refractivity contribution in [2.24, 2.45) is 5.41 Å². The van der Waals surface area contributed by atoms with E-state index in [1.54, 1.807) is 24.3 Å². The molecule has 0 aliphatic heterocycles. The van der Waals surface area contributed by atoms with E-state index in [0.29, 0.717) is 29.6 Å². The second-order valence-electron chi connectivity index (χ2n) is 6.81. The number of rotatable bonds is 9. The molecule has 0 saturated carbocycles. The molecular formula is C22H28O5. The summed E-state index contributed by atoms with van der Waals surface area (Å²) in [4.78, 5) is 12.1. The van der Waals surface area contributed by atoms with E-state index >= 15 is 0 Å². The fraction of sp³-hybridized carbons (Fsp3) is 0.409. The van der Waals surface area contributed by atoms with Gasteiger partial charge in [-0.05, 0) is 82.6 Å². The van der Waals surface area contributed by atoms with Crippen molar-refractivity contribution in [1.82, 2.24) is 0 Å². The van der Waals surface area contributed by atoms with Gasteiger partial charge in [0.25, 0.3) is 0 Å². The molecule has 0 saturated heterocycles. The zero-order valence-electron chi connectivity index (χ0n) is 16.7. The zero-order chi connectivity index (χ0) is 19.9. The molecule has 0 aliphatic carbocycles. The van der Waals surface area contributed by atoms with Crippen LogP contribution >= 0.6 is 0 Å². The molecule has 5 heteroatoms. The Morgan fingerprint density at radius 2 is 1.37 bits per heavy atom. The van der Waals surface area contributed by atoms with Crippen LogP contribution in [0.5, 0.6) is 23.0 Å². The lowest BCUT2D eigenvalue weighted by Crippen LogP contribution is -2.28. The average Bonchev–Trinajstić information content (AvgIpc) is 2.65. The van der Waals surface area contributed by atoms with Crippen LogP contribution in [0.15, 0.2) is 48.5 Å². The van der Waals surface area contributed by atoms with E-state index in [1.807, 2.05) is 58.9 Å². The highest BCUT2D eigenvalue weighted by Gasteiger charge is 2.27. The average molecular weight is 372 g/mol. The summed E-state index contributed by atoms with van der Waals surface area (Å²) in [5, 5.41) is 0. The lowest BCUT2D eigenvalue weighted by molar-refractivity contribution is -0.144. The highest BCUT2D eigenvalue weighted by molar-refractivity contribution is 5.78. The normalized spacial score (nSPS) is 12.3. The van der Waals surface area contributed by atoms with E-state index in [9.17, 15) is 4.79 Å². The maximum Gasteiger partial charge on any atom is 0.316 e. The number of esters is 1. The monoisotopic (exact) mass is 372 g/mol. The van der Waals surface area contributed by atoms with Crippen molar-refractivity contribution in [3.05, 3.63) is 48.5 Å². The van der Waals surface area contributed by atoms with Crippen molar-refractivity contribution in [2.45, 2.75) is 47.3 Å². The van der Waals surface area contributed by atoms with Gasteiger partial charge in [-0.2, -0.15) is 0 Å². The maximum atomic E-state index is 12.1. The topological polar surface area (TPSA) is 54.0 Å². The molecule has 1 atom stereocenters. The van der Waals surface area contributed by atoms with Gasteiger partial charge < -0.3 is 18.9 Å². The van der Waals surface area contributed by atoms with Crippen LogP contribution in [0, 0.1) is 5.41 Å². The van der Waals surface area contributed by atoms with Crippen LogP contribution in [0.2, 0.25) is 0 Å². The van der Waals surface area contributed by atoms with Crippen molar-refractivity contribution >= 4 is 5.97 Å². The first-order valence-electron chi connectivity index (χ1n) is 9.22. The largest absolute Gasteiger partial charge is 0.465 e. The molecule has 0 N–H and O–H groups in total. The predicted molar refractivity (Wildman–Crippen MR) is 104 cm³/mol. The fourth-order valence-corrected chi connectivity index (χ4v) is 2.15. The first-order chi connectivity index (χ1) is 12.8. The number of hydrogen-bond acceptors (Lipinski definition) is 5. The van der Waals surface area contributed by atoms with Gasteiger partial charge in [0.1, 0.15) is 23.0 Å². The number of carbonyl (C=O) groups is 1. The minimum atomic E-state index is -0.501. The first kappa shape index (κ1) is 20.8. The SMILES string of the molecule is CCOC(C)Oc1ccc(Oc2ccc(OC(=O)C(C)(C)CC)cc2)cc1. The lowest BCUT2D eigenvalue weighted by Gasteiger charge is -2.20. The summed E-state index contributed by atoms with van der Waals surface area (Å²) >= 11 is 0. The third-order valence-electron chi connectivity index (χ3n) is 4.23. The third kappa shape index (κ3) is 6.29. The fourth-order valence-electron chi connectivity index (χ4n) is 2.15. The molecule has 0 fully saturated rings. The van der Waals surface area contributed by atoms with Crippen molar-refractivity contribution < 1.29 is 23.7 Å². The van der Waals surface area contributed by atoms with Gasteiger partial charge in [0, 0.05) is 6.61 Å². The van der Waals surface area contributed by atoms with Gasteiger partial charge in [-0.3, -0.25) is 4.79 Å². The lowest BCUT2D eigenvalue weighted by atomic mass is 9.91. The van der Waals surface area contributed by atoms with Gasteiger partial charge >= 0.3 is 5.97 Å². The predicted octanol–water partition coefficient (Wildman–Crippen LogP) is 5.58. The van der Waals surface area contributed by atoms with Crippen LogP contribution < -0.4 is 14.2 Å². The van der Waals surface area contributed by atoms with Gasteiger partial charge in [0.2, 0.25) is 0 Å². The molecule has 1 unspecified atom stereocenters. The van der Waals surface area contributed by atoms with Gasteiger partial charge in [0.05, 0.1) is 5.41 Å². The number of carbonyl (C=O) groups excluding carboxylic acids is 1. The summed E-state index contributed by atoms with van der Waals surface area (Å²) in [5.74, 6) is 2.31. The van der Waals surface area contributed by atoms with Gasteiger partial charge in [-0.25, -0.2) is 0 Å². The van der Waals surface area contributed by atoms with Crippen LogP contribution in [0.1, 0.15) is 41.0 Å². The second kappa shape index (κ2) is 9.42. The molecule has 5 nitrogen and oxygen atoms in total. The van der Waals surface area contributed by atoms with Crippen molar-refractivity contribution in [2.75, 3.05) is 6.61 Å². The first-order valence-corrected chi connectivity index (χ1v) is 9.22. The summed E-state index contributed by atoms with van der Waals surface area (Å²) in [5.41, 5.74) is -0.501. The van der Waals surface area contributed by atoms with Crippen LogP contribution in [0.3, 0.4) is 0 Å². The molecule has 0 heterocycles. The number of benzene rings is 2. The molecule has 0 radical (unpaired) electrons. The molecule has 0 amide bonds. The molecular weight excluding hydrogens is 344 g/mol. The van der Waals surface area contributed by atoms with E-state index < -0.39 is 5.41 Å². The summed E-state index contributed by atoms with van der Waals surface area (Å²) in [7, 11) is 0. The molecule has 0 spiro atoms. The Kier molecular flexibility index (Phi) is 7.25. The molecule has 2 aromatic carbocycles. The van der Waals surface area contributed by atoms with E-state index in [2.05, 4.69) is 0 Å². The Morgan fingerprint density at radius 1 is 0.889 bits per heavy atom. The third-order valence-corrected chi connectivity index (χ3v) is 4.23. The second-order valence-corrected chi connectivity index (χ2v) is 6.81. The van der Waals surface area contributed by atoms with Gasteiger partial charge in [0.15, 0.2) is 6.29 Å². The standard InChI is InChI=1S/C22H28O5/c1-6-22(4,5)21(23)27-20-14-12-19(13-15-20)26-18-10-8-17(9-11-18)25-16(3)24-7-2/h8-16H,6-7H2,1-5H3. The molecule has 146 valence electrons. The van der Waals surface area contributed by atoms with E-state index in [1.165, 1.54) is 0 Å². The molecule has 2 aromatic rings. The quantitative estimate of drug-likeness (QED) is 0.327. The molecule has 27 heavy (non-hydrogen) atoms. The summed E-state index contributed by atoms with van der Waals surface area (Å²) in [6, 6.07) is 14.3. The molecule has 2 rings (SSSR count). The van der Waals surface area contributed by atoms with Gasteiger partial charge in [-0.15, -0.1) is 0 Å². The van der Waals surface area contributed by atoms with Crippen LogP contribution in [0.4, 0.5) is 0 Å². The minimum Gasteiger partial charge on any atom is -0.465 e. The maximum absolute atomic E-state index is 12.1. The van der Waals surface area contributed by atoms with Crippen molar-refractivity contribution in [3.8, 4) is 23.0 Å². The van der Waals surface area contributed by atoms with Crippen LogP contribution in [-0.4, -0.2) is 18.9 Å². The van der Waals surface area contributed by atoms with Crippen LogP contribution in [-0.2, 0) is 9.53 Å². The van der Waals surface area contributed by atoms with Crippen molar-refractivity contribution in [3.63, 3.8) is 0 Å². The highest BCUT2D eigenvalue weighted by atomic mass is 16.7. The molecule has 0 aromatic heterocycles. The Bertz CT molecular complexity index is 719. The summed E-state index contributed by atoms with van der Waals surface area (Å²) in [6.07, 6.45) is 0.422. The smallest absolute Gasteiger partial charge is 0.316 e. The Labute approximate surface area is 161 Å². The summed E-state index contributed by atoms with van der Waals surface area (Å²) < 4.78 is 22.2. The van der Waals surface area contributed by atoms with E-state index in [-0.39, 0.29) is 12.3 Å². The molecule has 0 aliphatic rings. The molecule has 0 bridgehead atoms. The number of hydrogen-bond donors (Lipinski definition) is 0. The number of ether oxygens (including phenoxy) is 4.